The topological polar surface area (TPSA) is 43.8 Å². The van der Waals surface area contributed by atoms with Crippen LogP contribution in [0.5, 0.6) is 0 Å². The van der Waals surface area contributed by atoms with Crippen LogP contribution in [0.2, 0.25) is 0 Å². The van der Waals surface area contributed by atoms with Crippen molar-refractivity contribution in [2.24, 2.45) is 0 Å². The molecule has 88 valence electrons. The normalized spacial score (nSPS) is 18.4. The molecule has 2 aromatic rings. The maximum absolute atomic E-state index is 6.06. The van der Waals surface area contributed by atoms with Crippen LogP contribution in [0, 0.1) is 6.92 Å². The first-order chi connectivity index (χ1) is 8.16. The fourth-order valence-electron chi connectivity index (χ4n) is 2.52. The van der Waals surface area contributed by atoms with Gasteiger partial charge in [-0.2, -0.15) is 5.10 Å². The molecule has 0 fully saturated rings. The SMILES string of the molecule is Cc1cnn(C2CCc3cc(Br)ccc32)c1N. The number of anilines is 1. The van der Waals surface area contributed by atoms with Crippen LogP contribution >= 0.6 is 15.9 Å². The lowest BCUT2D eigenvalue weighted by Crippen LogP contribution is -2.12. The number of aromatic nitrogens is 2. The Labute approximate surface area is 109 Å². The highest BCUT2D eigenvalue weighted by Crippen LogP contribution is 2.36. The van der Waals surface area contributed by atoms with Crippen LogP contribution in [0.15, 0.2) is 28.9 Å². The van der Waals surface area contributed by atoms with Crippen molar-refractivity contribution in [2.45, 2.75) is 25.8 Å². The molecule has 0 radical (unpaired) electrons. The first-order valence-electron chi connectivity index (χ1n) is 5.74. The molecular weight excluding hydrogens is 278 g/mol. The summed E-state index contributed by atoms with van der Waals surface area (Å²) in [5.74, 6) is 0.783. The summed E-state index contributed by atoms with van der Waals surface area (Å²) in [6.45, 7) is 2.00. The third-order valence-electron chi connectivity index (χ3n) is 3.47. The molecule has 1 aromatic heterocycles. The van der Waals surface area contributed by atoms with E-state index in [1.54, 1.807) is 0 Å². The Morgan fingerprint density at radius 1 is 1.47 bits per heavy atom. The van der Waals surface area contributed by atoms with Gasteiger partial charge in [-0.05, 0) is 43.0 Å². The predicted octanol–water partition coefficient (Wildman–Crippen LogP) is 3.07. The van der Waals surface area contributed by atoms with Gasteiger partial charge in [-0.25, -0.2) is 4.68 Å². The van der Waals surface area contributed by atoms with Gasteiger partial charge in [0.25, 0.3) is 0 Å². The zero-order valence-electron chi connectivity index (χ0n) is 9.65. The highest BCUT2D eigenvalue weighted by Gasteiger charge is 2.26. The molecule has 4 heteroatoms. The third kappa shape index (κ3) is 1.67. The maximum atomic E-state index is 6.06. The zero-order chi connectivity index (χ0) is 12.0. The summed E-state index contributed by atoms with van der Waals surface area (Å²) < 4.78 is 3.09. The van der Waals surface area contributed by atoms with Crippen molar-refractivity contribution in [3.8, 4) is 0 Å². The van der Waals surface area contributed by atoms with E-state index in [4.69, 9.17) is 5.73 Å². The Hall–Kier alpha value is -1.29. The second kappa shape index (κ2) is 3.88. The Bertz CT molecular complexity index is 574. The van der Waals surface area contributed by atoms with E-state index in [1.807, 2.05) is 17.8 Å². The van der Waals surface area contributed by atoms with Crippen molar-refractivity contribution in [3.05, 3.63) is 45.6 Å². The molecule has 0 amide bonds. The number of hydrogen-bond acceptors (Lipinski definition) is 2. The largest absolute Gasteiger partial charge is 0.384 e. The van der Waals surface area contributed by atoms with Gasteiger partial charge in [0.15, 0.2) is 0 Å². The molecule has 1 unspecified atom stereocenters. The maximum Gasteiger partial charge on any atom is 0.125 e. The highest BCUT2D eigenvalue weighted by atomic mass is 79.9. The van der Waals surface area contributed by atoms with Gasteiger partial charge in [-0.15, -0.1) is 0 Å². The number of halogens is 1. The average molecular weight is 292 g/mol. The van der Waals surface area contributed by atoms with Crippen molar-refractivity contribution < 1.29 is 0 Å². The van der Waals surface area contributed by atoms with Gasteiger partial charge >= 0.3 is 0 Å². The molecule has 1 heterocycles. The van der Waals surface area contributed by atoms with Crippen LogP contribution in [0.1, 0.15) is 29.2 Å². The number of nitrogen functional groups attached to an aromatic ring is 1. The van der Waals surface area contributed by atoms with E-state index in [9.17, 15) is 0 Å². The predicted molar refractivity (Wildman–Crippen MR) is 72.0 cm³/mol. The molecule has 0 aliphatic heterocycles. The minimum Gasteiger partial charge on any atom is -0.384 e. The van der Waals surface area contributed by atoms with Gasteiger partial charge in [0, 0.05) is 10.0 Å². The first kappa shape index (κ1) is 10.8. The number of nitrogens with zero attached hydrogens (tertiary/aromatic N) is 2. The average Bonchev–Trinajstić information content (AvgIpc) is 2.84. The van der Waals surface area contributed by atoms with Crippen LogP contribution in [0.4, 0.5) is 5.82 Å². The lowest BCUT2D eigenvalue weighted by Gasteiger charge is -2.14. The minimum absolute atomic E-state index is 0.298. The first-order valence-corrected chi connectivity index (χ1v) is 6.54. The van der Waals surface area contributed by atoms with E-state index in [1.165, 1.54) is 11.1 Å². The van der Waals surface area contributed by atoms with Gasteiger partial charge in [-0.1, -0.05) is 22.0 Å². The fourth-order valence-corrected chi connectivity index (χ4v) is 2.93. The summed E-state index contributed by atoms with van der Waals surface area (Å²) in [6.07, 6.45) is 4.01. The molecule has 1 aliphatic carbocycles. The van der Waals surface area contributed by atoms with Crippen molar-refractivity contribution in [1.82, 2.24) is 9.78 Å². The summed E-state index contributed by atoms with van der Waals surface area (Å²) in [7, 11) is 0. The smallest absolute Gasteiger partial charge is 0.125 e. The molecule has 0 bridgehead atoms. The van der Waals surface area contributed by atoms with E-state index in [0.29, 0.717) is 6.04 Å². The number of aryl methyl sites for hydroxylation is 2. The van der Waals surface area contributed by atoms with Crippen LogP contribution in [-0.4, -0.2) is 9.78 Å². The monoisotopic (exact) mass is 291 g/mol. The molecule has 3 nitrogen and oxygen atoms in total. The van der Waals surface area contributed by atoms with Gasteiger partial charge in [-0.3, -0.25) is 0 Å². The number of hydrogen-bond donors (Lipinski definition) is 1. The van der Waals surface area contributed by atoms with Crippen LogP contribution < -0.4 is 5.73 Å². The zero-order valence-corrected chi connectivity index (χ0v) is 11.2. The van der Waals surface area contributed by atoms with E-state index < -0.39 is 0 Å². The molecular formula is C13H14BrN3. The van der Waals surface area contributed by atoms with E-state index >= 15 is 0 Å². The molecule has 1 aliphatic rings. The Kier molecular flexibility index (Phi) is 2.47. The number of nitrogens with two attached hydrogens (primary N) is 1. The van der Waals surface area contributed by atoms with E-state index in [-0.39, 0.29) is 0 Å². The summed E-state index contributed by atoms with van der Waals surface area (Å²) in [5, 5.41) is 4.40. The van der Waals surface area contributed by atoms with Crippen LogP contribution in [0.3, 0.4) is 0 Å². The van der Waals surface area contributed by atoms with Gasteiger partial charge < -0.3 is 5.73 Å². The molecule has 0 saturated heterocycles. The standard InChI is InChI=1S/C13H14BrN3/c1-8-7-16-17(13(8)15)12-5-2-9-6-10(14)3-4-11(9)12/h3-4,6-7,12H,2,5,15H2,1H3. The molecule has 2 N–H and O–H groups in total. The van der Waals surface area contributed by atoms with E-state index in [2.05, 4.69) is 39.2 Å². The molecule has 1 aromatic carbocycles. The number of benzene rings is 1. The second-order valence-corrected chi connectivity index (χ2v) is 5.47. The summed E-state index contributed by atoms with van der Waals surface area (Å²) in [5.41, 5.74) is 9.86. The van der Waals surface area contributed by atoms with Crippen molar-refractivity contribution >= 4 is 21.7 Å². The highest BCUT2D eigenvalue weighted by molar-refractivity contribution is 9.10. The van der Waals surface area contributed by atoms with Crippen molar-refractivity contribution in [2.75, 3.05) is 5.73 Å². The lowest BCUT2D eigenvalue weighted by atomic mass is 10.1. The van der Waals surface area contributed by atoms with E-state index in [0.717, 1.165) is 28.7 Å². The second-order valence-electron chi connectivity index (χ2n) is 4.56. The summed E-state index contributed by atoms with van der Waals surface area (Å²) >= 11 is 3.51. The lowest BCUT2D eigenvalue weighted by molar-refractivity contribution is 0.527. The Morgan fingerprint density at radius 2 is 2.29 bits per heavy atom. The Balaban J connectivity index is 2.07. The van der Waals surface area contributed by atoms with Crippen LogP contribution in [0.25, 0.3) is 0 Å². The third-order valence-corrected chi connectivity index (χ3v) is 3.97. The molecule has 0 spiro atoms. The molecule has 3 rings (SSSR count). The van der Waals surface area contributed by atoms with Crippen molar-refractivity contribution in [3.63, 3.8) is 0 Å². The molecule has 1 atom stereocenters. The quantitative estimate of drug-likeness (QED) is 0.878. The molecule has 0 saturated carbocycles. The van der Waals surface area contributed by atoms with Crippen molar-refractivity contribution in [1.29, 1.82) is 0 Å². The van der Waals surface area contributed by atoms with Crippen LogP contribution in [-0.2, 0) is 6.42 Å². The summed E-state index contributed by atoms with van der Waals surface area (Å²) in [6, 6.07) is 6.76. The Morgan fingerprint density at radius 3 is 3.00 bits per heavy atom. The number of fused-ring (bicyclic) bond motifs is 1. The molecule has 17 heavy (non-hydrogen) atoms. The van der Waals surface area contributed by atoms with Gasteiger partial charge in [0.2, 0.25) is 0 Å². The fraction of sp³-hybridized carbons (Fsp3) is 0.308. The summed E-state index contributed by atoms with van der Waals surface area (Å²) in [4.78, 5) is 0. The minimum atomic E-state index is 0.298. The number of rotatable bonds is 1. The van der Waals surface area contributed by atoms with Gasteiger partial charge in [0.1, 0.15) is 5.82 Å². The van der Waals surface area contributed by atoms with Gasteiger partial charge in [0.05, 0.1) is 12.2 Å².